The molecule has 4 aromatic rings. The lowest BCUT2D eigenvalue weighted by molar-refractivity contribution is -0.139. The lowest BCUT2D eigenvalue weighted by Crippen LogP contribution is -2.24. The molecule has 4 rings (SSSR count). The molecular weight excluding hydrogens is 406 g/mol. The van der Waals surface area contributed by atoms with Gasteiger partial charge in [-0.25, -0.2) is 9.78 Å². The Morgan fingerprint density at radius 3 is 2.41 bits per heavy atom. The highest BCUT2D eigenvalue weighted by molar-refractivity contribution is 6.23. The lowest BCUT2D eigenvalue weighted by atomic mass is 10.1. The van der Waals surface area contributed by atoms with E-state index in [1.807, 2.05) is 54.6 Å². The van der Waals surface area contributed by atoms with Gasteiger partial charge in [-0.3, -0.25) is 4.79 Å². The topological polar surface area (TPSA) is 104 Å². The quantitative estimate of drug-likeness (QED) is 0.370. The van der Waals surface area contributed by atoms with Crippen LogP contribution in [0.15, 0.2) is 78.9 Å². The third-order valence-corrected chi connectivity index (χ3v) is 4.74. The number of aliphatic carboxylic acids is 1. The third-order valence-electron chi connectivity index (χ3n) is 4.74. The summed E-state index contributed by atoms with van der Waals surface area (Å²) >= 11 is 0. The number of imidazole rings is 1. The molecule has 0 aliphatic rings. The number of nitrogens with one attached hydrogen (secondary N) is 2. The molecule has 0 bridgehead atoms. The van der Waals surface area contributed by atoms with E-state index in [0.29, 0.717) is 23.7 Å². The SMILES string of the molecule is O=C(O)COc1ccc(/C=C(/C(=O)NCc2ccccc2)c2nc3ccccc3[nH]2)cc1. The predicted octanol–water partition coefficient (Wildman–Crippen LogP) is 3.88. The Hall–Kier alpha value is -4.39. The molecule has 3 aromatic carbocycles. The number of carboxylic acids is 1. The Morgan fingerprint density at radius 1 is 0.969 bits per heavy atom. The molecule has 0 radical (unpaired) electrons. The standard InChI is InChI=1S/C25H21N3O4/c29-23(30)16-32-19-12-10-17(11-13-19)14-20(24-27-21-8-4-5-9-22(21)28-24)25(31)26-15-18-6-2-1-3-7-18/h1-14H,15-16H2,(H,26,31)(H,27,28)(H,29,30)/b20-14+. The maximum atomic E-state index is 13.1. The average Bonchev–Trinajstić information content (AvgIpc) is 3.25. The fourth-order valence-electron chi connectivity index (χ4n) is 3.17. The van der Waals surface area contributed by atoms with E-state index in [1.165, 1.54) is 0 Å². The van der Waals surface area contributed by atoms with Gasteiger partial charge in [-0.05, 0) is 41.5 Å². The van der Waals surface area contributed by atoms with Gasteiger partial charge in [0.1, 0.15) is 11.6 Å². The largest absolute Gasteiger partial charge is 0.482 e. The number of benzene rings is 3. The number of para-hydroxylation sites is 2. The van der Waals surface area contributed by atoms with E-state index in [1.54, 1.807) is 30.3 Å². The zero-order valence-electron chi connectivity index (χ0n) is 17.1. The van der Waals surface area contributed by atoms with E-state index >= 15 is 0 Å². The van der Waals surface area contributed by atoms with Crippen LogP contribution in [0.1, 0.15) is 17.0 Å². The van der Waals surface area contributed by atoms with E-state index in [9.17, 15) is 9.59 Å². The number of hydrogen-bond donors (Lipinski definition) is 3. The summed E-state index contributed by atoms with van der Waals surface area (Å²) in [5, 5.41) is 11.7. The summed E-state index contributed by atoms with van der Waals surface area (Å²) in [5.74, 6) is -0.415. The molecule has 7 nitrogen and oxygen atoms in total. The highest BCUT2D eigenvalue weighted by atomic mass is 16.5. The Kier molecular flexibility index (Phi) is 6.27. The second-order valence-corrected chi connectivity index (χ2v) is 7.08. The molecule has 0 aliphatic carbocycles. The molecule has 0 atom stereocenters. The number of fused-ring (bicyclic) bond motifs is 1. The Balaban J connectivity index is 1.62. The van der Waals surface area contributed by atoms with Gasteiger partial charge in [-0.1, -0.05) is 54.6 Å². The van der Waals surface area contributed by atoms with Crippen LogP contribution in [-0.4, -0.2) is 33.6 Å². The van der Waals surface area contributed by atoms with Gasteiger partial charge in [-0.15, -0.1) is 0 Å². The number of hydrogen-bond acceptors (Lipinski definition) is 4. The van der Waals surface area contributed by atoms with E-state index in [4.69, 9.17) is 9.84 Å². The molecule has 160 valence electrons. The van der Waals surface area contributed by atoms with Crippen LogP contribution in [-0.2, 0) is 16.1 Å². The zero-order chi connectivity index (χ0) is 22.3. The van der Waals surface area contributed by atoms with Crippen molar-refractivity contribution >= 4 is 34.6 Å². The smallest absolute Gasteiger partial charge is 0.341 e. The van der Waals surface area contributed by atoms with Gasteiger partial charge in [-0.2, -0.15) is 0 Å². The summed E-state index contributed by atoms with van der Waals surface area (Å²) in [4.78, 5) is 31.6. The zero-order valence-corrected chi connectivity index (χ0v) is 17.1. The number of aromatic nitrogens is 2. The number of carbonyl (C=O) groups excluding carboxylic acids is 1. The monoisotopic (exact) mass is 427 g/mol. The van der Waals surface area contributed by atoms with Crippen molar-refractivity contribution in [3.8, 4) is 5.75 Å². The summed E-state index contributed by atoms with van der Waals surface area (Å²) in [5.41, 5.74) is 3.72. The average molecular weight is 427 g/mol. The number of carbonyl (C=O) groups is 2. The van der Waals surface area contributed by atoms with E-state index < -0.39 is 12.6 Å². The first-order valence-electron chi connectivity index (χ1n) is 10.0. The highest BCUT2D eigenvalue weighted by Crippen LogP contribution is 2.21. The van der Waals surface area contributed by atoms with Crippen molar-refractivity contribution < 1.29 is 19.4 Å². The minimum absolute atomic E-state index is 0.265. The third kappa shape index (κ3) is 5.20. The van der Waals surface area contributed by atoms with Crippen molar-refractivity contribution in [1.29, 1.82) is 0 Å². The van der Waals surface area contributed by atoms with Gasteiger partial charge in [0.05, 0.1) is 16.6 Å². The molecule has 7 heteroatoms. The van der Waals surface area contributed by atoms with Gasteiger partial charge < -0.3 is 20.1 Å². The second kappa shape index (κ2) is 9.61. The van der Waals surface area contributed by atoms with Crippen molar-refractivity contribution in [2.24, 2.45) is 0 Å². The Labute approximate surface area is 184 Å². The fourth-order valence-corrected chi connectivity index (χ4v) is 3.17. The van der Waals surface area contributed by atoms with Crippen LogP contribution in [0, 0.1) is 0 Å². The summed E-state index contributed by atoms with van der Waals surface area (Å²) in [6, 6.07) is 24.1. The van der Waals surface area contributed by atoms with Crippen molar-refractivity contribution in [2.45, 2.75) is 6.54 Å². The normalized spacial score (nSPS) is 11.3. The van der Waals surface area contributed by atoms with Crippen molar-refractivity contribution in [2.75, 3.05) is 6.61 Å². The molecule has 3 N–H and O–H groups in total. The van der Waals surface area contributed by atoms with Crippen LogP contribution in [0.3, 0.4) is 0 Å². The molecule has 32 heavy (non-hydrogen) atoms. The summed E-state index contributed by atoms with van der Waals surface area (Å²) in [6.45, 7) is -0.0273. The minimum atomic E-state index is -1.05. The molecule has 1 amide bonds. The molecule has 1 heterocycles. The summed E-state index contributed by atoms with van der Waals surface area (Å²) in [7, 11) is 0. The van der Waals surface area contributed by atoms with Crippen molar-refractivity contribution in [3.05, 3.63) is 95.8 Å². The van der Waals surface area contributed by atoms with Crippen molar-refractivity contribution in [1.82, 2.24) is 15.3 Å². The fraction of sp³-hybridized carbons (Fsp3) is 0.0800. The summed E-state index contributed by atoms with van der Waals surface area (Å²) in [6.07, 6.45) is 1.74. The van der Waals surface area contributed by atoms with Gasteiger partial charge in [0.2, 0.25) is 0 Å². The van der Waals surface area contributed by atoms with Gasteiger partial charge in [0.25, 0.3) is 5.91 Å². The number of ether oxygens (including phenoxy) is 1. The minimum Gasteiger partial charge on any atom is -0.482 e. The first-order valence-corrected chi connectivity index (χ1v) is 10.0. The number of amides is 1. The van der Waals surface area contributed by atoms with E-state index in [-0.39, 0.29) is 5.91 Å². The first-order chi connectivity index (χ1) is 15.6. The number of carboxylic acid groups (broad SMARTS) is 1. The number of rotatable bonds is 8. The Morgan fingerprint density at radius 2 is 1.69 bits per heavy atom. The van der Waals surface area contributed by atoms with Crippen LogP contribution in [0.4, 0.5) is 0 Å². The van der Waals surface area contributed by atoms with Crippen molar-refractivity contribution in [3.63, 3.8) is 0 Å². The maximum absolute atomic E-state index is 13.1. The molecule has 0 saturated carbocycles. The van der Waals surface area contributed by atoms with Gasteiger partial charge in [0, 0.05) is 6.54 Å². The first kappa shape index (κ1) is 20.9. The molecule has 0 fully saturated rings. The molecule has 1 aromatic heterocycles. The highest BCUT2D eigenvalue weighted by Gasteiger charge is 2.16. The number of nitrogens with zero attached hydrogens (tertiary/aromatic N) is 1. The van der Waals surface area contributed by atoms with E-state index in [2.05, 4.69) is 15.3 Å². The molecular formula is C25H21N3O4. The molecule has 0 unspecified atom stereocenters. The molecule has 0 saturated heterocycles. The second-order valence-electron chi connectivity index (χ2n) is 7.08. The molecule has 0 spiro atoms. The van der Waals surface area contributed by atoms with Gasteiger partial charge in [0.15, 0.2) is 6.61 Å². The van der Waals surface area contributed by atoms with E-state index in [0.717, 1.165) is 22.2 Å². The molecule has 0 aliphatic heterocycles. The maximum Gasteiger partial charge on any atom is 0.341 e. The van der Waals surface area contributed by atoms with Crippen LogP contribution < -0.4 is 10.1 Å². The Bertz CT molecular complexity index is 1230. The lowest BCUT2D eigenvalue weighted by Gasteiger charge is -2.08. The van der Waals surface area contributed by atoms with Crippen LogP contribution in [0.25, 0.3) is 22.7 Å². The van der Waals surface area contributed by atoms with Gasteiger partial charge >= 0.3 is 5.97 Å². The number of aromatic amines is 1. The number of H-pyrrole nitrogens is 1. The van der Waals surface area contributed by atoms with Crippen LogP contribution >= 0.6 is 0 Å². The van der Waals surface area contributed by atoms with Crippen LogP contribution in [0.2, 0.25) is 0 Å². The van der Waals surface area contributed by atoms with Crippen LogP contribution in [0.5, 0.6) is 5.75 Å². The predicted molar refractivity (Wildman–Crippen MR) is 122 cm³/mol. The summed E-state index contributed by atoms with van der Waals surface area (Å²) < 4.78 is 5.17.